The van der Waals surface area contributed by atoms with E-state index in [1.54, 1.807) is 13.0 Å². The van der Waals surface area contributed by atoms with E-state index in [0.29, 0.717) is 29.0 Å². The normalized spacial score (nSPS) is 14.8. The van der Waals surface area contributed by atoms with Crippen LogP contribution in [0.15, 0.2) is 45.6 Å². The molecule has 0 saturated carbocycles. The molecule has 0 saturated heterocycles. The van der Waals surface area contributed by atoms with Gasteiger partial charge in [-0.1, -0.05) is 18.2 Å². The molecule has 1 aliphatic heterocycles. The zero-order valence-corrected chi connectivity index (χ0v) is 15.4. The van der Waals surface area contributed by atoms with Gasteiger partial charge in [0.1, 0.15) is 18.1 Å². The van der Waals surface area contributed by atoms with Gasteiger partial charge in [-0.2, -0.15) is 13.2 Å². The van der Waals surface area contributed by atoms with Crippen molar-refractivity contribution in [2.75, 3.05) is 6.73 Å². The molecule has 4 nitrogen and oxygen atoms in total. The van der Waals surface area contributed by atoms with Crippen LogP contribution in [-0.4, -0.2) is 11.6 Å². The fraction of sp³-hybridized carbons (Fsp3) is 0.286. The molecule has 3 aromatic rings. The van der Waals surface area contributed by atoms with Crippen molar-refractivity contribution >= 4 is 11.0 Å². The van der Waals surface area contributed by atoms with Crippen LogP contribution >= 0.6 is 0 Å². The SMILES string of the molecule is Cc1c(C)c2ccc3c(c2oc1=O)CN(Cc1cccc(C(F)(F)F)c1)CO3. The highest BCUT2D eigenvalue weighted by Crippen LogP contribution is 2.34. The van der Waals surface area contributed by atoms with Crippen LogP contribution in [0.4, 0.5) is 13.2 Å². The number of hydrogen-bond acceptors (Lipinski definition) is 4. The molecular formula is C21H18F3NO3. The van der Waals surface area contributed by atoms with Gasteiger partial charge in [0.25, 0.3) is 0 Å². The largest absolute Gasteiger partial charge is 0.478 e. The number of hydrogen-bond donors (Lipinski definition) is 0. The zero-order valence-electron chi connectivity index (χ0n) is 15.4. The van der Waals surface area contributed by atoms with E-state index in [-0.39, 0.29) is 13.3 Å². The van der Waals surface area contributed by atoms with Crippen LogP contribution in [0.3, 0.4) is 0 Å². The van der Waals surface area contributed by atoms with Gasteiger partial charge in [0, 0.05) is 24.0 Å². The Kier molecular flexibility index (Phi) is 4.42. The third kappa shape index (κ3) is 3.26. The van der Waals surface area contributed by atoms with Crippen molar-refractivity contribution in [2.45, 2.75) is 33.1 Å². The number of ether oxygens (including phenoxy) is 1. The van der Waals surface area contributed by atoms with Crippen LogP contribution in [-0.2, 0) is 19.3 Å². The second-order valence-electron chi connectivity index (χ2n) is 7.02. The van der Waals surface area contributed by atoms with E-state index in [0.717, 1.165) is 28.6 Å². The summed E-state index contributed by atoms with van der Waals surface area (Å²) in [7, 11) is 0. The lowest BCUT2D eigenvalue weighted by Crippen LogP contribution is -2.31. The summed E-state index contributed by atoms with van der Waals surface area (Å²) < 4.78 is 50.1. The van der Waals surface area contributed by atoms with Gasteiger partial charge < -0.3 is 9.15 Å². The number of halogens is 3. The minimum atomic E-state index is -4.38. The molecule has 7 heteroatoms. The molecule has 0 unspecified atom stereocenters. The monoisotopic (exact) mass is 389 g/mol. The Bertz CT molecular complexity index is 1120. The summed E-state index contributed by atoms with van der Waals surface area (Å²) in [5.74, 6) is 0.624. The van der Waals surface area contributed by atoms with Crippen molar-refractivity contribution in [3.05, 3.63) is 74.6 Å². The first-order valence-electron chi connectivity index (χ1n) is 8.81. The van der Waals surface area contributed by atoms with E-state index in [1.165, 1.54) is 6.07 Å². The van der Waals surface area contributed by atoms with Gasteiger partial charge >= 0.3 is 11.8 Å². The van der Waals surface area contributed by atoms with Crippen LogP contribution in [0, 0.1) is 13.8 Å². The minimum Gasteiger partial charge on any atom is -0.478 e. The molecule has 2 aromatic carbocycles. The molecule has 0 fully saturated rings. The van der Waals surface area contributed by atoms with Gasteiger partial charge in [-0.05, 0) is 43.2 Å². The Morgan fingerprint density at radius 2 is 1.89 bits per heavy atom. The van der Waals surface area contributed by atoms with Crippen molar-refractivity contribution < 1.29 is 22.3 Å². The average molecular weight is 389 g/mol. The van der Waals surface area contributed by atoms with E-state index in [1.807, 2.05) is 24.0 Å². The molecule has 1 aliphatic rings. The maximum atomic E-state index is 12.9. The summed E-state index contributed by atoms with van der Waals surface area (Å²) >= 11 is 0. The van der Waals surface area contributed by atoms with Crippen molar-refractivity contribution in [1.29, 1.82) is 0 Å². The van der Waals surface area contributed by atoms with Gasteiger partial charge in [-0.3, -0.25) is 4.90 Å². The van der Waals surface area contributed by atoms with Crippen LogP contribution in [0.5, 0.6) is 5.75 Å². The van der Waals surface area contributed by atoms with Crippen LogP contribution < -0.4 is 10.4 Å². The second-order valence-corrected chi connectivity index (χ2v) is 7.02. The average Bonchev–Trinajstić information content (AvgIpc) is 2.66. The third-order valence-electron chi connectivity index (χ3n) is 5.13. The van der Waals surface area contributed by atoms with Crippen LogP contribution in [0.2, 0.25) is 0 Å². The molecule has 0 N–H and O–H groups in total. The standard InChI is InChI=1S/C21H18F3NO3/c1-12-13(2)20(26)28-19-16(12)6-7-18-17(19)10-25(11-27-18)9-14-4-3-5-15(8-14)21(22,23)24/h3-8H,9-11H2,1-2H3. The number of rotatable bonds is 2. The molecule has 0 atom stereocenters. The highest BCUT2D eigenvalue weighted by Gasteiger charge is 2.30. The molecule has 1 aromatic heterocycles. The van der Waals surface area contributed by atoms with Gasteiger partial charge in [0.2, 0.25) is 0 Å². The van der Waals surface area contributed by atoms with Crippen molar-refractivity contribution in [2.24, 2.45) is 0 Å². The lowest BCUT2D eigenvalue weighted by atomic mass is 10.0. The fourth-order valence-electron chi connectivity index (χ4n) is 3.47. The summed E-state index contributed by atoms with van der Waals surface area (Å²) in [5, 5.41) is 0.834. The summed E-state index contributed by atoms with van der Waals surface area (Å²) in [6.45, 7) is 4.52. The summed E-state index contributed by atoms with van der Waals surface area (Å²) in [4.78, 5) is 14.0. The van der Waals surface area contributed by atoms with E-state index < -0.39 is 17.4 Å². The minimum absolute atomic E-state index is 0.240. The van der Waals surface area contributed by atoms with Gasteiger partial charge in [-0.25, -0.2) is 4.79 Å². The summed E-state index contributed by atoms with van der Waals surface area (Å²) in [6, 6.07) is 8.96. The Labute approximate surface area is 159 Å². The first-order chi connectivity index (χ1) is 13.2. The first-order valence-corrected chi connectivity index (χ1v) is 8.81. The van der Waals surface area contributed by atoms with Crippen LogP contribution in [0.25, 0.3) is 11.0 Å². The van der Waals surface area contributed by atoms with E-state index in [9.17, 15) is 18.0 Å². The number of fused-ring (bicyclic) bond motifs is 3. The van der Waals surface area contributed by atoms with Crippen LogP contribution in [0.1, 0.15) is 27.8 Å². The Hall–Kier alpha value is -2.80. The van der Waals surface area contributed by atoms with Crippen molar-refractivity contribution in [3.63, 3.8) is 0 Å². The fourth-order valence-corrected chi connectivity index (χ4v) is 3.47. The van der Waals surface area contributed by atoms with E-state index in [4.69, 9.17) is 9.15 Å². The predicted octanol–water partition coefficient (Wildman–Crippen LogP) is 4.78. The topological polar surface area (TPSA) is 42.7 Å². The lowest BCUT2D eigenvalue weighted by Gasteiger charge is -2.29. The molecular weight excluding hydrogens is 371 g/mol. The molecule has 146 valence electrons. The maximum absolute atomic E-state index is 12.9. The van der Waals surface area contributed by atoms with E-state index >= 15 is 0 Å². The van der Waals surface area contributed by atoms with Crippen molar-refractivity contribution in [1.82, 2.24) is 4.90 Å². The molecule has 2 heterocycles. The maximum Gasteiger partial charge on any atom is 0.416 e. The highest BCUT2D eigenvalue weighted by molar-refractivity contribution is 5.85. The van der Waals surface area contributed by atoms with Gasteiger partial charge in [0.05, 0.1) is 11.1 Å². The number of nitrogens with zero attached hydrogens (tertiary/aromatic N) is 1. The predicted molar refractivity (Wildman–Crippen MR) is 98.1 cm³/mol. The Morgan fingerprint density at radius 1 is 1.11 bits per heavy atom. The molecule has 0 radical (unpaired) electrons. The quantitative estimate of drug-likeness (QED) is 0.592. The first kappa shape index (κ1) is 18.6. The zero-order chi connectivity index (χ0) is 20.1. The second kappa shape index (κ2) is 6.67. The smallest absolute Gasteiger partial charge is 0.416 e. The Balaban J connectivity index is 1.67. The number of benzene rings is 2. The van der Waals surface area contributed by atoms with Crippen molar-refractivity contribution in [3.8, 4) is 5.75 Å². The van der Waals surface area contributed by atoms with E-state index in [2.05, 4.69) is 0 Å². The Morgan fingerprint density at radius 3 is 2.64 bits per heavy atom. The number of aryl methyl sites for hydroxylation is 1. The molecule has 4 rings (SSSR count). The van der Waals surface area contributed by atoms with Gasteiger partial charge in [0.15, 0.2) is 0 Å². The number of alkyl halides is 3. The lowest BCUT2D eigenvalue weighted by molar-refractivity contribution is -0.137. The highest BCUT2D eigenvalue weighted by atomic mass is 19.4. The third-order valence-corrected chi connectivity index (χ3v) is 5.13. The van der Waals surface area contributed by atoms with Gasteiger partial charge in [-0.15, -0.1) is 0 Å². The molecule has 0 spiro atoms. The molecule has 0 amide bonds. The molecule has 0 bridgehead atoms. The molecule has 0 aliphatic carbocycles. The molecule has 28 heavy (non-hydrogen) atoms. The summed E-state index contributed by atoms with van der Waals surface area (Å²) in [5.41, 5.74) is 2.08. The summed E-state index contributed by atoms with van der Waals surface area (Å²) in [6.07, 6.45) is -4.38.